The zero-order chi connectivity index (χ0) is 22.4. The van der Waals surface area contributed by atoms with Gasteiger partial charge in [-0.15, -0.1) is 0 Å². The Hall–Kier alpha value is -3.67. The molecule has 3 aromatic carbocycles. The molecule has 0 unspecified atom stereocenters. The first kappa shape index (κ1) is 22.0. The number of halogens is 2. The molecule has 3 rings (SSSR count). The second kappa shape index (κ2) is 9.43. The standard InChI is InChI=1S/C22H14ClFN2O4S/c23-17-6-11-21(30-31(28,29)20-4-2-1-3-5-20)15(13-17)12-16(14-25)22(27)26-19-9-7-18(24)8-10-19/h1-13H,(H,26,27)/b16-12+. The highest BCUT2D eigenvalue weighted by atomic mass is 35.5. The monoisotopic (exact) mass is 456 g/mol. The van der Waals surface area contributed by atoms with Crippen LogP contribution in [-0.4, -0.2) is 14.3 Å². The molecule has 1 N–H and O–H groups in total. The van der Waals surface area contributed by atoms with E-state index in [-0.39, 0.29) is 32.5 Å². The summed E-state index contributed by atoms with van der Waals surface area (Å²) in [7, 11) is -4.16. The van der Waals surface area contributed by atoms with Crippen molar-refractivity contribution in [1.29, 1.82) is 5.26 Å². The average molecular weight is 457 g/mol. The van der Waals surface area contributed by atoms with E-state index in [4.69, 9.17) is 15.8 Å². The minimum Gasteiger partial charge on any atom is -0.378 e. The zero-order valence-corrected chi connectivity index (χ0v) is 17.3. The molecule has 3 aromatic rings. The van der Waals surface area contributed by atoms with Crippen molar-refractivity contribution in [1.82, 2.24) is 0 Å². The zero-order valence-electron chi connectivity index (χ0n) is 15.7. The van der Waals surface area contributed by atoms with E-state index in [2.05, 4.69) is 5.32 Å². The lowest BCUT2D eigenvalue weighted by Gasteiger charge is -2.11. The van der Waals surface area contributed by atoms with Gasteiger partial charge in [-0.05, 0) is 60.7 Å². The highest BCUT2D eigenvalue weighted by Crippen LogP contribution is 2.28. The predicted octanol–water partition coefficient (Wildman–Crippen LogP) is 4.79. The third kappa shape index (κ3) is 5.69. The first-order valence-electron chi connectivity index (χ1n) is 8.76. The molecule has 0 aliphatic heterocycles. The van der Waals surface area contributed by atoms with Crippen molar-refractivity contribution in [2.75, 3.05) is 5.32 Å². The molecule has 0 aromatic heterocycles. The van der Waals surface area contributed by atoms with Crippen LogP contribution in [0.5, 0.6) is 5.75 Å². The van der Waals surface area contributed by atoms with Gasteiger partial charge in [0.25, 0.3) is 5.91 Å². The van der Waals surface area contributed by atoms with Gasteiger partial charge in [0, 0.05) is 16.3 Å². The Morgan fingerprint density at radius 1 is 1.06 bits per heavy atom. The van der Waals surface area contributed by atoms with Crippen molar-refractivity contribution in [2.45, 2.75) is 4.90 Å². The maximum absolute atomic E-state index is 13.0. The van der Waals surface area contributed by atoms with E-state index in [0.717, 1.165) is 18.2 Å². The first-order chi connectivity index (χ1) is 14.8. The lowest BCUT2D eigenvalue weighted by Crippen LogP contribution is -2.14. The van der Waals surface area contributed by atoms with Gasteiger partial charge in [0.15, 0.2) is 0 Å². The maximum atomic E-state index is 13.0. The van der Waals surface area contributed by atoms with Crippen molar-refractivity contribution < 1.29 is 21.8 Å². The van der Waals surface area contributed by atoms with Crippen LogP contribution >= 0.6 is 11.6 Å². The molecule has 6 nitrogen and oxygen atoms in total. The quantitative estimate of drug-likeness (QED) is 0.327. The number of anilines is 1. The van der Waals surface area contributed by atoms with E-state index in [0.29, 0.717) is 0 Å². The van der Waals surface area contributed by atoms with Gasteiger partial charge in [-0.3, -0.25) is 4.79 Å². The van der Waals surface area contributed by atoms with Crippen LogP contribution in [0.3, 0.4) is 0 Å². The Morgan fingerprint density at radius 3 is 2.39 bits per heavy atom. The number of nitrogens with zero attached hydrogens (tertiary/aromatic N) is 1. The molecule has 9 heteroatoms. The fourth-order valence-electron chi connectivity index (χ4n) is 2.50. The minimum atomic E-state index is -4.16. The van der Waals surface area contributed by atoms with Gasteiger partial charge in [-0.25, -0.2) is 4.39 Å². The van der Waals surface area contributed by atoms with Crippen LogP contribution in [0, 0.1) is 17.1 Å². The predicted molar refractivity (Wildman–Crippen MR) is 114 cm³/mol. The van der Waals surface area contributed by atoms with E-state index in [1.807, 2.05) is 0 Å². The third-order valence-electron chi connectivity index (χ3n) is 3.97. The molecule has 0 spiro atoms. The molecule has 1 amide bonds. The number of hydrogen-bond acceptors (Lipinski definition) is 5. The molecule has 0 radical (unpaired) electrons. The lowest BCUT2D eigenvalue weighted by atomic mass is 10.1. The molecule has 0 atom stereocenters. The van der Waals surface area contributed by atoms with Gasteiger partial charge in [-0.1, -0.05) is 29.8 Å². The number of hydrogen-bond donors (Lipinski definition) is 1. The van der Waals surface area contributed by atoms with Crippen LogP contribution in [-0.2, 0) is 14.9 Å². The average Bonchev–Trinajstić information content (AvgIpc) is 2.75. The van der Waals surface area contributed by atoms with E-state index in [1.165, 1.54) is 42.5 Å². The molecular weight excluding hydrogens is 443 g/mol. The molecule has 156 valence electrons. The number of carbonyl (C=O) groups is 1. The fraction of sp³-hybridized carbons (Fsp3) is 0. The summed E-state index contributed by atoms with van der Waals surface area (Å²) < 4.78 is 43.3. The van der Waals surface area contributed by atoms with Crippen LogP contribution in [0.4, 0.5) is 10.1 Å². The SMILES string of the molecule is N#C/C(=C\c1cc(Cl)ccc1OS(=O)(=O)c1ccccc1)C(=O)Nc1ccc(F)cc1. The Labute approximate surface area is 183 Å². The van der Waals surface area contributed by atoms with Crippen LogP contribution in [0.15, 0.2) is 83.3 Å². The molecule has 0 heterocycles. The van der Waals surface area contributed by atoms with Crippen molar-refractivity contribution in [3.63, 3.8) is 0 Å². The molecule has 0 aliphatic rings. The summed E-state index contributed by atoms with van der Waals surface area (Å²) in [5.41, 5.74) is 0.0492. The number of benzene rings is 3. The topological polar surface area (TPSA) is 96.3 Å². The smallest absolute Gasteiger partial charge is 0.339 e. The normalized spacial score (nSPS) is 11.5. The van der Waals surface area contributed by atoms with E-state index < -0.39 is 21.8 Å². The number of nitriles is 1. The maximum Gasteiger partial charge on any atom is 0.339 e. The summed E-state index contributed by atoms with van der Waals surface area (Å²) >= 11 is 6.00. The van der Waals surface area contributed by atoms with Gasteiger partial charge in [0.05, 0.1) is 0 Å². The van der Waals surface area contributed by atoms with Crippen molar-refractivity contribution in [3.8, 4) is 11.8 Å². The third-order valence-corrected chi connectivity index (χ3v) is 5.45. The van der Waals surface area contributed by atoms with Crippen LogP contribution in [0.2, 0.25) is 5.02 Å². The summed E-state index contributed by atoms with van der Waals surface area (Å²) in [5.74, 6) is -1.36. The molecule has 0 aliphatic carbocycles. The van der Waals surface area contributed by atoms with Crippen LogP contribution in [0.25, 0.3) is 6.08 Å². The van der Waals surface area contributed by atoms with Crippen LogP contribution < -0.4 is 9.50 Å². The first-order valence-corrected chi connectivity index (χ1v) is 10.5. The fourth-order valence-corrected chi connectivity index (χ4v) is 3.65. The van der Waals surface area contributed by atoms with Gasteiger partial charge in [-0.2, -0.15) is 13.7 Å². The summed E-state index contributed by atoms with van der Waals surface area (Å²) in [5, 5.41) is 12.1. The van der Waals surface area contributed by atoms with Gasteiger partial charge in [0.1, 0.15) is 28.1 Å². The van der Waals surface area contributed by atoms with E-state index in [1.54, 1.807) is 24.3 Å². The Balaban J connectivity index is 1.93. The Kier molecular flexibility index (Phi) is 6.70. The summed E-state index contributed by atoms with van der Waals surface area (Å²) in [4.78, 5) is 12.4. The summed E-state index contributed by atoms with van der Waals surface area (Å²) in [6.07, 6.45) is 1.15. The van der Waals surface area contributed by atoms with E-state index in [9.17, 15) is 22.9 Å². The van der Waals surface area contributed by atoms with Gasteiger partial charge in [0.2, 0.25) is 0 Å². The van der Waals surface area contributed by atoms with Crippen molar-refractivity contribution in [3.05, 3.63) is 94.8 Å². The Morgan fingerprint density at radius 2 is 1.74 bits per heavy atom. The number of amides is 1. The highest BCUT2D eigenvalue weighted by Gasteiger charge is 2.19. The van der Waals surface area contributed by atoms with Crippen molar-refractivity contribution in [2.24, 2.45) is 0 Å². The molecular formula is C22H14ClFN2O4S. The molecule has 0 saturated carbocycles. The number of carbonyl (C=O) groups excluding carboxylic acids is 1. The van der Waals surface area contributed by atoms with Crippen LogP contribution in [0.1, 0.15) is 5.56 Å². The van der Waals surface area contributed by atoms with Crippen molar-refractivity contribution >= 4 is 39.4 Å². The number of nitrogens with one attached hydrogen (secondary N) is 1. The molecule has 0 fully saturated rings. The summed E-state index contributed by atoms with van der Waals surface area (Å²) in [6.45, 7) is 0. The highest BCUT2D eigenvalue weighted by molar-refractivity contribution is 7.87. The van der Waals surface area contributed by atoms with Gasteiger partial charge >= 0.3 is 10.1 Å². The second-order valence-electron chi connectivity index (χ2n) is 6.16. The minimum absolute atomic E-state index is 0.0607. The molecule has 31 heavy (non-hydrogen) atoms. The number of rotatable bonds is 6. The largest absolute Gasteiger partial charge is 0.378 e. The Bertz CT molecular complexity index is 1290. The summed E-state index contributed by atoms with van der Waals surface area (Å²) in [6, 6.07) is 18.3. The van der Waals surface area contributed by atoms with E-state index >= 15 is 0 Å². The molecule has 0 saturated heterocycles. The lowest BCUT2D eigenvalue weighted by molar-refractivity contribution is -0.112. The second-order valence-corrected chi connectivity index (χ2v) is 8.15. The molecule has 0 bridgehead atoms. The van der Waals surface area contributed by atoms with Gasteiger partial charge < -0.3 is 9.50 Å².